The van der Waals surface area contributed by atoms with Crippen LogP contribution in [-0.4, -0.2) is 43.3 Å². The minimum Gasteiger partial charge on any atom is -0.370 e. The molecule has 0 aliphatic carbocycles. The van der Waals surface area contributed by atoms with Crippen LogP contribution in [0.1, 0.15) is 12.8 Å². The lowest BCUT2D eigenvalue weighted by Crippen LogP contribution is -2.39. The van der Waals surface area contributed by atoms with Gasteiger partial charge in [0.1, 0.15) is 5.82 Å². The van der Waals surface area contributed by atoms with E-state index in [0.717, 1.165) is 12.8 Å². The number of aliphatic imine (C=N–C) groups is 1. The average Bonchev–Trinajstić information content (AvgIpc) is 2.68. The van der Waals surface area contributed by atoms with Gasteiger partial charge in [0.2, 0.25) is 10.0 Å². The van der Waals surface area contributed by atoms with Crippen molar-refractivity contribution in [2.75, 3.05) is 25.0 Å². The van der Waals surface area contributed by atoms with Crippen molar-refractivity contribution in [1.82, 2.24) is 9.29 Å². The number of benzene rings is 1. The molecule has 1 saturated heterocycles. The van der Waals surface area contributed by atoms with Gasteiger partial charge in [-0.05, 0) is 43.0 Å². The summed E-state index contributed by atoms with van der Waals surface area (Å²) in [6, 6.07) is 14.1. The number of nitrogens with two attached hydrogens (primary N) is 1. The van der Waals surface area contributed by atoms with Gasteiger partial charge in [-0.25, -0.2) is 13.4 Å². The zero-order valence-electron chi connectivity index (χ0n) is 14.9. The van der Waals surface area contributed by atoms with Gasteiger partial charge < -0.3 is 11.1 Å². The van der Waals surface area contributed by atoms with Crippen LogP contribution in [0.3, 0.4) is 0 Å². The first-order valence-corrected chi connectivity index (χ1v) is 10.0. The number of halogens is 1. The lowest BCUT2D eigenvalue weighted by molar-refractivity contribution is 0.279. The number of pyridine rings is 1. The predicted molar refractivity (Wildman–Crippen MR) is 118 cm³/mol. The number of rotatable bonds is 5. The molecule has 1 aromatic carbocycles. The molecule has 0 amide bonds. The van der Waals surface area contributed by atoms with Gasteiger partial charge in [0.25, 0.3) is 0 Å². The first kappa shape index (κ1) is 21.6. The van der Waals surface area contributed by atoms with E-state index in [0.29, 0.717) is 42.2 Å². The van der Waals surface area contributed by atoms with Crippen molar-refractivity contribution in [2.45, 2.75) is 17.7 Å². The molecule has 0 bridgehead atoms. The fourth-order valence-corrected chi connectivity index (χ4v) is 4.40. The zero-order valence-corrected chi connectivity index (χ0v) is 18.0. The van der Waals surface area contributed by atoms with E-state index in [-0.39, 0.29) is 24.0 Å². The number of hydrogen-bond acceptors (Lipinski definition) is 4. The number of guanidine groups is 1. The molecule has 0 spiro atoms. The summed E-state index contributed by atoms with van der Waals surface area (Å²) in [5.41, 5.74) is 5.89. The van der Waals surface area contributed by atoms with Crippen LogP contribution in [0.5, 0.6) is 0 Å². The van der Waals surface area contributed by atoms with Gasteiger partial charge >= 0.3 is 0 Å². The van der Waals surface area contributed by atoms with Crippen molar-refractivity contribution in [2.24, 2.45) is 16.6 Å². The number of nitrogens with one attached hydrogen (secondary N) is 1. The molecule has 7 nitrogen and oxygen atoms in total. The molecule has 27 heavy (non-hydrogen) atoms. The van der Waals surface area contributed by atoms with Crippen LogP contribution in [0, 0.1) is 5.92 Å². The number of hydrogen-bond donors (Lipinski definition) is 2. The summed E-state index contributed by atoms with van der Waals surface area (Å²) < 4.78 is 26.8. The Hall–Kier alpha value is -1.72. The third-order valence-corrected chi connectivity index (χ3v) is 6.31. The smallest absolute Gasteiger partial charge is 0.243 e. The Morgan fingerprint density at radius 2 is 1.81 bits per heavy atom. The second-order valence-corrected chi connectivity index (χ2v) is 8.16. The Morgan fingerprint density at radius 1 is 1.15 bits per heavy atom. The monoisotopic (exact) mass is 501 g/mol. The number of piperidine rings is 1. The highest BCUT2D eigenvalue weighted by Crippen LogP contribution is 2.23. The van der Waals surface area contributed by atoms with Crippen molar-refractivity contribution in [3.05, 3.63) is 54.7 Å². The van der Waals surface area contributed by atoms with E-state index in [1.165, 1.54) is 0 Å². The molecule has 2 heterocycles. The number of anilines is 1. The third-order valence-electron chi connectivity index (χ3n) is 4.40. The molecule has 0 saturated carbocycles. The highest BCUT2D eigenvalue weighted by atomic mass is 127. The Bertz CT molecular complexity index is 839. The molecule has 1 fully saturated rings. The van der Waals surface area contributed by atoms with E-state index in [2.05, 4.69) is 15.3 Å². The maximum Gasteiger partial charge on any atom is 0.243 e. The van der Waals surface area contributed by atoms with E-state index in [9.17, 15) is 8.42 Å². The summed E-state index contributed by atoms with van der Waals surface area (Å²) >= 11 is 0. The molecule has 146 valence electrons. The van der Waals surface area contributed by atoms with E-state index < -0.39 is 10.0 Å². The summed E-state index contributed by atoms with van der Waals surface area (Å²) in [6.07, 6.45) is 3.22. The van der Waals surface area contributed by atoms with Crippen molar-refractivity contribution < 1.29 is 8.42 Å². The first-order valence-electron chi connectivity index (χ1n) is 8.59. The minimum absolute atomic E-state index is 0. The first-order chi connectivity index (χ1) is 12.6. The molecule has 0 atom stereocenters. The van der Waals surface area contributed by atoms with Gasteiger partial charge in [0.05, 0.1) is 4.90 Å². The van der Waals surface area contributed by atoms with Gasteiger partial charge in [-0.1, -0.05) is 24.3 Å². The van der Waals surface area contributed by atoms with Gasteiger partial charge in [0.15, 0.2) is 5.96 Å². The fourth-order valence-electron chi connectivity index (χ4n) is 2.91. The highest BCUT2D eigenvalue weighted by Gasteiger charge is 2.29. The lowest BCUT2D eigenvalue weighted by Gasteiger charge is -2.30. The Balaban J connectivity index is 0.00000261. The van der Waals surface area contributed by atoms with E-state index in [1.807, 2.05) is 24.3 Å². The van der Waals surface area contributed by atoms with Crippen LogP contribution >= 0.6 is 24.0 Å². The maximum absolute atomic E-state index is 12.6. The molecule has 0 unspecified atom stereocenters. The van der Waals surface area contributed by atoms with Gasteiger partial charge in [-0.3, -0.25) is 4.99 Å². The Morgan fingerprint density at radius 3 is 2.44 bits per heavy atom. The SMILES string of the molecule is I.NC(=NCC1CCN(S(=O)(=O)c2ccccc2)CC1)Nc1ccccn1. The van der Waals surface area contributed by atoms with Crippen molar-refractivity contribution >= 4 is 45.8 Å². The predicted octanol–water partition coefficient (Wildman–Crippen LogP) is 2.53. The molecule has 3 N–H and O–H groups in total. The Kier molecular flexibility index (Phi) is 7.99. The fraction of sp³-hybridized carbons (Fsp3) is 0.333. The minimum atomic E-state index is -3.41. The van der Waals surface area contributed by atoms with Crippen molar-refractivity contribution in [3.8, 4) is 0 Å². The van der Waals surface area contributed by atoms with E-state index >= 15 is 0 Å². The van der Waals surface area contributed by atoms with Crippen LogP contribution in [-0.2, 0) is 10.0 Å². The highest BCUT2D eigenvalue weighted by molar-refractivity contribution is 14.0. The molecule has 2 aromatic rings. The summed E-state index contributed by atoms with van der Waals surface area (Å²) in [5.74, 6) is 1.29. The average molecular weight is 501 g/mol. The number of sulfonamides is 1. The van der Waals surface area contributed by atoms with Crippen LogP contribution in [0.2, 0.25) is 0 Å². The van der Waals surface area contributed by atoms with Crippen molar-refractivity contribution in [1.29, 1.82) is 0 Å². The topological polar surface area (TPSA) is 101 Å². The summed E-state index contributed by atoms with van der Waals surface area (Å²) in [6.45, 7) is 1.58. The molecule has 9 heteroatoms. The molecular weight excluding hydrogens is 477 g/mol. The second kappa shape index (κ2) is 10.00. The van der Waals surface area contributed by atoms with E-state index in [4.69, 9.17) is 5.73 Å². The summed E-state index contributed by atoms with van der Waals surface area (Å²) in [4.78, 5) is 8.85. The molecule has 1 aliphatic heterocycles. The van der Waals surface area contributed by atoms with Crippen LogP contribution in [0.25, 0.3) is 0 Å². The standard InChI is InChI=1S/C18H23N5O2S.HI/c19-18(22-17-8-4-5-11-20-17)21-14-15-9-12-23(13-10-15)26(24,25)16-6-2-1-3-7-16;/h1-8,11,15H,9-10,12-14H2,(H3,19,20,21,22);1H. The molecule has 1 aromatic heterocycles. The quantitative estimate of drug-likeness (QED) is 0.373. The second-order valence-electron chi connectivity index (χ2n) is 6.23. The van der Waals surface area contributed by atoms with Crippen LogP contribution in [0.4, 0.5) is 5.82 Å². The van der Waals surface area contributed by atoms with Crippen LogP contribution in [0.15, 0.2) is 64.6 Å². The molecule has 3 rings (SSSR count). The summed E-state index contributed by atoms with van der Waals surface area (Å²) in [5, 5.41) is 2.95. The Labute approximate surface area is 177 Å². The normalized spacial score (nSPS) is 16.5. The molecular formula is C18H24IN5O2S. The van der Waals surface area contributed by atoms with Gasteiger partial charge in [-0.15, -0.1) is 24.0 Å². The lowest BCUT2D eigenvalue weighted by atomic mass is 9.98. The van der Waals surface area contributed by atoms with Crippen LogP contribution < -0.4 is 11.1 Å². The third kappa shape index (κ3) is 5.88. The molecule has 0 radical (unpaired) electrons. The number of nitrogens with zero attached hydrogens (tertiary/aromatic N) is 3. The number of aromatic nitrogens is 1. The summed E-state index contributed by atoms with van der Waals surface area (Å²) in [7, 11) is -3.41. The molecule has 1 aliphatic rings. The zero-order chi connectivity index (χ0) is 18.4. The van der Waals surface area contributed by atoms with Gasteiger partial charge in [0, 0.05) is 25.8 Å². The van der Waals surface area contributed by atoms with Crippen molar-refractivity contribution in [3.63, 3.8) is 0 Å². The maximum atomic E-state index is 12.6. The largest absolute Gasteiger partial charge is 0.370 e. The van der Waals surface area contributed by atoms with Gasteiger partial charge in [-0.2, -0.15) is 4.31 Å². The van der Waals surface area contributed by atoms with E-state index in [1.54, 1.807) is 34.8 Å².